The molecule has 1 unspecified atom stereocenters. The molecule has 3 aromatic rings. The lowest BCUT2D eigenvalue weighted by Gasteiger charge is -2.21. The maximum atomic E-state index is 12.4. The number of H-pyrrole nitrogens is 1. The summed E-state index contributed by atoms with van der Waals surface area (Å²) in [5.41, 5.74) is 4.56. The van der Waals surface area contributed by atoms with Crippen molar-refractivity contribution in [3.05, 3.63) is 65.4 Å². The summed E-state index contributed by atoms with van der Waals surface area (Å²) in [5.74, 6) is 1.03. The number of benzene rings is 2. The van der Waals surface area contributed by atoms with Crippen LogP contribution in [0.25, 0.3) is 10.9 Å². The third kappa shape index (κ3) is 4.20. The Morgan fingerprint density at radius 1 is 1.29 bits per heavy atom. The van der Waals surface area contributed by atoms with Crippen molar-refractivity contribution >= 4 is 16.8 Å². The van der Waals surface area contributed by atoms with E-state index in [0.29, 0.717) is 13.0 Å². The first kappa shape index (κ1) is 18.6. The van der Waals surface area contributed by atoms with Crippen LogP contribution in [0.5, 0.6) is 5.75 Å². The third-order valence-electron chi connectivity index (χ3n) is 5.23. The lowest BCUT2D eigenvalue weighted by atomic mass is 10.1. The van der Waals surface area contributed by atoms with Gasteiger partial charge in [0.2, 0.25) is 5.91 Å². The van der Waals surface area contributed by atoms with Crippen LogP contribution in [0.15, 0.2) is 48.7 Å². The monoisotopic (exact) mass is 377 g/mol. The van der Waals surface area contributed by atoms with Gasteiger partial charge in [0.1, 0.15) is 11.9 Å². The van der Waals surface area contributed by atoms with Crippen LogP contribution < -0.4 is 10.1 Å². The molecule has 0 saturated carbocycles. The van der Waals surface area contributed by atoms with Crippen LogP contribution in [0.4, 0.5) is 0 Å². The normalized spacial score (nSPS) is 17.0. The van der Waals surface area contributed by atoms with Crippen molar-refractivity contribution in [3.63, 3.8) is 0 Å². The molecule has 0 fully saturated rings. The Kier molecular flexibility index (Phi) is 5.35. The van der Waals surface area contributed by atoms with Crippen LogP contribution in [0.1, 0.15) is 23.6 Å². The number of aromatic amines is 1. The lowest BCUT2D eigenvalue weighted by Crippen LogP contribution is -2.38. The van der Waals surface area contributed by atoms with E-state index in [1.807, 2.05) is 30.5 Å². The largest absolute Gasteiger partial charge is 0.489 e. The van der Waals surface area contributed by atoms with E-state index in [1.165, 1.54) is 11.1 Å². The molecule has 5 nitrogen and oxygen atoms in total. The predicted octanol–water partition coefficient (Wildman–Crippen LogP) is 3.42. The van der Waals surface area contributed by atoms with Crippen LogP contribution in [-0.2, 0) is 17.8 Å². The molecular formula is C23H27N3O2. The molecule has 0 aliphatic carbocycles. The molecule has 1 aromatic heterocycles. The number of amides is 1. The van der Waals surface area contributed by atoms with Gasteiger partial charge in [-0.3, -0.25) is 9.69 Å². The second kappa shape index (κ2) is 8.07. The zero-order valence-electron chi connectivity index (χ0n) is 16.5. The van der Waals surface area contributed by atoms with Gasteiger partial charge in [-0.25, -0.2) is 0 Å². The average Bonchev–Trinajstić information content (AvgIpc) is 2.99. The quantitative estimate of drug-likeness (QED) is 0.716. The van der Waals surface area contributed by atoms with Gasteiger partial charge >= 0.3 is 0 Å². The number of hydrogen-bond acceptors (Lipinski definition) is 3. The summed E-state index contributed by atoms with van der Waals surface area (Å²) in [5, 5.41) is 4.18. The van der Waals surface area contributed by atoms with Crippen LogP contribution in [-0.4, -0.2) is 41.5 Å². The van der Waals surface area contributed by atoms with Gasteiger partial charge in [0.15, 0.2) is 0 Å². The molecule has 1 atom stereocenters. The van der Waals surface area contributed by atoms with Crippen LogP contribution >= 0.6 is 0 Å². The fourth-order valence-corrected chi connectivity index (χ4v) is 3.91. The van der Waals surface area contributed by atoms with Crippen LogP contribution in [0, 0.1) is 6.92 Å². The van der Waals surface area contributed by atoms with E-state index in [2.05, 4.69) is 47.2 Å². The molecule has 0 saturated heterocycles. The van der Waals surface area contributed by atoms with Gasteiger partial charge in [-0.2, -0.15) is 0 Å². The summed E-state index contributed by atoms with van der Waals surface area (Å²) in [6, 6.07) is 14.4. The Hall–Kier alpha value is -2.79. The summed E-state index contributed by atoms with van der Waals surface area (Å²) >= 11 is 0. The van der Waals surface area contributed by atoms with E-state index < -0.39 is 0 Å². The van der Waals surface area contributed by atoms with Gasteiger partial charge in [-0.15, -0.1) is 0 Å². The van der Waals surface area contributed by atoms with Crippen molar-refractivity contribution in [3.8, 4) is 5.75 Å². The maximum absolute atomic E-state index is 12.4. The van der Waals surface area contributed by atoms with E-state index in [0.717, 1.165) is 41.9 Å². The Morgan fingerprint density at radius 2 is 2.14 bits per heavy atom. The number of carbonyl (C=O) groups is 1. The average molecular weight is 377 g/mol. The Bertz CT molecular complexity index is 979. The molecule has 1 aliphatic rings. The van der Waals surface area contributed by atoms with Crippen molar-refractivity contribution in [2.75, 3.05) is 19.6 Å². The number of hydrogen-bond donors (Lipinski definition) is 2. The summed E-state index contributed by atoms with van der Waals surface area (Å²) in [6.07, 6.45) is 2.45. The number of carbonyl (C=O) groups excluding carboxylic acids is 1. The molecule has 28 heavy (non-hydrogen) atoms. The van der Waals surface area contributed by atoms with Crippen molar-refractivity contribution in [1.29, 1.82) is 0 Å². The third-order valence-corrected chi connectivity index (χ3v) is 5.23. The molecule has 146 valence electrons. The first-order valence-corrected chi connectivity index (χ1v) is 9.89. The first-order valence-electron chi connectivity index (χ1n) is 9.89. The van der Waals surface area contributed by atoms with Crippen molar-refractivity contribution in [2.24, 2.45) is 0 Å². The highest BCUT2D eigenvalue weighted by Crippen LogP contribution is 2.26. The summed E-state index contributed by atoms with van der Waals surface area (Å²) < 4.78 is 6.05. The number of para-hydroxylation sites is 1. The molecular weight excluding hydrogens is 350 g/mol. The Morgan fingerprint density at radius 3 is 3.04 bits per heavy atom. The molecule has 2 aromatic carbocycles. The minimum atomic E-state index is 0.0557. The Labute approximate surface area is 165 Å². The molecule has 2 N–H and O–H groups in total. The topological polar surface area (TPSA) is 57.4 Å². The highest BCUT2D eigenvalue weighted by atomic mass is 16.5. The number of nitrogens with zero attached hydrogens (tertiary/aromatic N) is 1. The molecule has 0 bridgehead atoms. The molecule has 4 rings (SSSR count). The number of fused-ring (bicyclic) bond motifs is 2. The molecule has 1 aliphatic heterocycles. The summed E-state index contributed by atoms with van der Waals surface area (Å²) in [6.45, 7) is 7.34. The van der Waals surface area contributed by atoms with E-state index in [9.17, 15) is 4.79 Å². The molecule has 2 heterocycles. The second-order valence-electron chi connectivity index (χ2n) is 7.66. The molecule has 0 spiro atoms. The fraction of sp³-hybridized carbons (Fsp3) is 0.348. The van der Waals surface area contributed by atoms with Gasteiger partial charge in [0, 0.05) is 48.8 Å². The van der Waals surface area contributed by atoms with Crippen molar-refractivity contribution in [1.82, 2.24) is 15.2 Å². The number of nitrogens with one attached hydrogen (secondary N) is 2. The van der Waals surface area contributed by atoms with Gasteiger partial charge < -0.3 is 15.0 Å². The molecule has 1 amide bonds. The zero-order valence-corrected chi connectivity index (χ0v) is 16.5. The van der Waals surface area contributed by atoms with Gasteiger partial charge in [-0.1, -0.05) is 35.9 Å². The zero-order chi connectivity index (χ0) is 19.5. The summed E-state index contributed by atoms with van der Waals surface area (Å²) in [4.78, 5) is 18.0. The number of aromatic nitrogens is 1. The van der Waals surface area contributed by atoms with Gasteiger partial charge in [0.05, 0.1) is 6.42 Å². The van der Waals surface area contributed by atoms with Crippen molar-refractivity contribution in [2.45, 2.75) is 32.9 Å². The van der Waals surface area contributed by atoms with Gasteiger partial charge in [0.25, 0.3) is 0 Å². The highest BCUT2D eigenvalue weighted by Gasteiger charge is 2.20. The van der Waals surface area contributed by atoms with Crippen LogP contribution in [0.3, 0.4) is 0 Å². The van der Waals surface area contributed by atoms with E-state index in [1.54, 1.807) is 0 Å². The molecule has 5 heteroatoms. The minimum Gasteiger partial charge on any atom is -0.489 e. The SMILES string of the molecule is Cc1ccc2c(c1)CN(CCNC(=O)Cc1c[nH]c3ccccc13)CC(C)O2. The number of rotatable bonds is 5. The fourth-order valence-electron chi connectivity index (χ4n) is 3.91. The maximum Gasteiger partial charge on any atom is 0.224 e. The second-order valence-corrected chi connectivity index (χ2v) is 7.66. The van der Waals surface area contributed by atoms with Crippen molar-refractivity contribution < 1.29 is 9.53 Å². The van der Waals surface area contributed by atoms with E-state index in [4.69, 9.17) is 4.74 Å². The molecule has 0 radical (unpaired) electrons. The minimum absolute atomic E-state index is 0.0557. The highest BCUT2D eigenvalue weighted by molar-refractivity contribution is 5.88. The predicted molar refractivity (Wildman–Crippen MR) is 112 cm³/mol. The number of ether oxygens (including phenoxy) is 1. The lowest BCUT2D eigenvalue weighted by molar-refractivity contribution is -0.120. The van der Waals surface area contributed by atoms with E-state index >= 15 is 0 Å². The smallest absolute Gasteiger partial charge is 0.224 e. The first-order chi connectivity index (χ1) is 13.6. The Balaban J connectivity index is 1.32. The van der Waals surface area contributed by atoms with Gasteiger partial charge in [-0.05, 0) is 31.5 Å². The van der Waals surface area contributed by atoms with E-state index in [-0.39, 0.29) is 12.0 Å². The standard InChI is InChI=1S/C23H27N3O2/c1-16-7-8-22-19(11-16)15-26(14-17(2)28-22)10-9-24-23(27)12-18-13-25-21-6-4-3-5-20(18)21/h3-8,11,13,17,25H,9-10,12,14-15H2,1-2H3,(H,24,27). The van der Waals surface area contributed by atoms with Crippen LogP contribution in [0.2, 0.25) is 0 Å². The summed E-state index contributed by atoms with van der Waals surface area (Å²) in [7, 11) is 0. The number of aryl methyl sites for hydroxylation is 1.